The summed E-state index contributed by atoms with van der Waals surface area (Å²) in [5.41, 5.74) is 2.03. The zero-order chi connectivity index (χ0) is 13.0. The van der Waals surface area contributed by atoms with Gasteiger partial charge in [0.2, 0.25) is 0 Å². The maximum Gasteiger partial charge on any atom is 0.407 e. The number of carbonyl (C=O) groups is 1. The average Bonchev–Trinajstić information content (AvgIpc) is 2.22. The van der Waals surface area contributed by atoms with Crippen molar-refractivity contribution >= 4 is 6.09 Å². The highest BCUT2D eigenvalue weighted by Gasteiger charge is 2.07. The zero-order valence-electron chi connectivity index (χ0n) is 10.6. The van der Waals surface area contributed by atoms with Crippen molar-refractivity contribution in [1.29, 1.82) is 0 Å². The van der Waals surface area contributed by atoms with E-state index in [0.29, 0.717) is 17.7 Å². The molecule has 0 spiro atoms. The Morgan fingerprint density at radius 3 is 2.35 bits per heavy atom. The van der Waals surface area contributed by atoms with Crippen LogP contribution in [0.1, 0.15) is 30.5 Å². The molecule has 0 bridgehead atoms. The van der Waals surface area contributed by atoms with Crippen LogP contribution >= 0.6 is 0 Å². The van der Waals surface area contributed by atoms with Crippen LogP contribution in [0.3, 0.4) is 0 Å². The van der Waals surface area contributed by atoms with Gasteiger partial charge in [-0.05, 0) is 44.4 Å². The molecule has 0 unspecified atom stereocenters. The summed E-state index contributed by atoms with van der Waals surface area (Å²) < 4.78 is 18.3. The van der Waals surface area contributed by atoms with E-state index in [2.05, 4.69) is 5.32 Å². The molecule has 17 heavy (non-hydrogen) atoms. The summed E-state index contributed by atoms with van der Waals surface area (Å²) in [6, 6.07) is 3.44. The van der Waals surface area contributed by atoms with Gasteiger partial charge in [0.15, 0.2) is 0 Å². The van der Waals surface area contributed by atoms with Crippen LogP contribution in [-0.2, 0) is 11.3 Å². The summed E-state index contributed by atoms with van der Waals surface area (Å²) in [5, 5.41) is 2.62. The molecular weight excluding hydrogens is 221 g/mol. The van der Waals surface area contributed by atoms with Crippen LogP contribution in [0, 0.1) is 19.7 Å². The summed E-state index contributed by atoms with van der Waals surface area (Å²) in [6.45, 7) is 7.32. The third-order valence-corrected chi connectivity index (χ3v) is 2.28. The maximum atomic E-state index is 13.4. The molecule has 1 aromatic rings. The van der Waals surface area contributed by atoms with Crippen LogP contribution < -0.4 is 5.32 Å². The minimum absolute atomic E-state index is 0.147. The fourth-order valence-electron chi connectivity index (χ4n) is 1.57. The smallest absolute Gasteiger partial charge is 0.407 e. The highest BCUT2D eigenvalue weighted by molar-refractivity contribution is 5.67. The van der Waals surface area contributed by atoms with Gasteiger partial charge in [-0.3, -0.25) is 0 Å². The molecule has 0 heterocycles. The first-order chi connectivity index (χ1) is 7.90. The molecular formula is C13H18FNO2. The van der Waals surface area contributed by atoms with Gasteiger partial charge in [0, 0.05) is 6.54 Å². The van der Waals surface area contributed by atoms with Gasteiger partial charge >= 0.3 is 6.09 Å². The van der Waals surface area contributed by atoms with Gasteiger partial charge in [-0.2, -0.15) is 0 Å². The number of hydrogen-bond acceptors (Lipinski definition) is 2. The molecule has 1 aromatic carbocycles. The first kappa shape index (κ1) is 13.5. The number of benzene rings is 1. The number of halogens is 1. The van der Waals surface area contributed by atoms with Crippen LogP contribution in [0.25, 0.3) is 0 Å². The Hall–Kier alpha value is -1.58. The van der Waals surface area contributed by atoms with Gasteiger partial charge in [-0.1, -0.05) is 12.1 Å². The molecule has 0 aliphatic rings. The Morgan fingerprint density at radius 1 is 1.35 bits per heavy atom. The predicted octanol–water partition coefficient (Wildman–Crippen LogP) is 3.08. The number of hydrogen-bond donors (Lipinski definition) is 1. The first-order valence-corrected chi connectivity index (χ1v) is 5.60. The molecule has 3 nitrogen and oxygen atoms in total. The molecule has 94 valence electrons. The Labute approximate surface area is 101 Å². The molecule has 1 rings (SSSR count). The SMILES string of the molecule is Cc1cc(CNC(=O)OC(C)C)cc(C)c1F. The van der Waals surface area contributed by atoms with Crippen molar-refractivity contribution in [3.63, 3.8) is 0 Å². The average molecular weight is 239 g/mol. The number of nitrogens with one attached hydrogen (secondary N) is 1. The van der Waals surface area contributed by atoms with Gasteiger partial charge < -0.3 is 10.1 Å². The Kier molecular flexibility index (Phi) is 4.49. The third-order valence-electron chi connectivity index (χ3n) is 2.28. The molecule has 1 amide bonds. The van der Waals surface area contributed by atoms with Crippen molar-refractivity contribution in [3.8, 4) is 0 Å². The summed E-state index contributed by atoms with van der Waals surface area (Å²) >= 11 is 0. The molecule has 4 heteroatoms. The van der Waals surface area contributed by atoms with E-state index >= 15 is 0 Å². The lowest BCUT2D eigenvalue weighted by Gasteiger charge is -2.10. The zero-order valence-corrected chi connectivity index (χ0v) is 10.6. The topological polar surface area (TPSA) is 38.3 Å². The molecule has 1 N–H and O–H groups in total. The van der Waals surface area contributed by atoms with E-state index < -0.39 is 6.09 Å². The van der Waals surface area contributed by atoms with E-state index in [-0.39, 0.29) is 11.9 Å². The van der Waals surface area contributed by atoms with Crippen LogP contribution in [0.2, 0.25) is 0 Å². The quantitative estimate of drug-likeness (QED) is 0.880. The van der Waals surface area contributed by atoms with Crippen LogP contribution in [0.5, 0.6) is 0 Å². The highest BCUT2D eigenvalue weighted by Crippen LogP contribution is 2.14. The Balaban J connectivity index is 2.61. The predicted molar refractivity (Wildman–Crippen MR) is 64.3 cm³/mol. The number of carbonyl (C=O) groups excluding carboxylic acids is 1. The lowest BCUT2D eigenvalue weighted by atomic mass is 10.1. The Morgan fingerprint density at radius 2 is 1.88 bits per heavy atom. The molecule has 0 aromatic heterocycles. The molecule has 0 fully saturated rings. The number of amides is 1. The van der Waals surface area contributed by atoms with E-state index in [1.54, 1.807) is 39.8 Å². The van der Waals surface area contributed by atoms with Crippen molar-refractivity contribution in [1.82, 2.24) is 5.32 Å². The summed E-state index contributed by atoms with van der Waals surface area (Å²) in [7, 11) is 0. The second-order valence-electron chi connectivity index (χ2n) is 4.35. The largest absolute Gasteiger partial charge is 0.447 e. The minimum Gasteiger partial charge on any atom is -0.447 e. The van der Waals surface area contributed by atoms with Crippen LogP contribution in [-0.4, -0.2) is 12.2 Å². The van der Waals surface area contributed by atoms with Crippen LogP contribution in [0.15, 0.2) is 12.1 Å². The lowest BCUT2D eigenvalue weighted by molar-refractivity contribution is 0.115. The fraction of sp³-hybridized carbons (Fsp3) is 0.462. The van der Waals surface area contributed by atoms with Crippen molar-refractivity contribution in [3.05, 3.63) is 34.6 Å². The summed E-state index contributed by atoms with van der Waals surface area (Å²) in [4.78, 5) is 11.3. The van der Waals surface area contributed by atoms with Gasteiger partial charge in [-0.25, -0.2) is 9.18 Å². The molecule has 0 aliphatic carbocycles. The number of alkyl carbamates (subject to hydrolysis) is 1. The second-order valence-corrected chi connectivity index (χ2v) is 4.35. The standard InChI is InChI=1S/C13H18FNO2/c1-8(2)17-13(16)15-7-11-5-9(3)12(14)10(4)6-11/h5-6,8H,7H2,1-4H3,(H,15,16). The number of ether oxygens (including phenoxy) is 1. The monoisotopic (exact) mass is 239 g/mol. The molecule has 0 radical (unpaired) electrons. The van der Waals surface area contributed by atoms with Crippen molar-refractivity contribution in [2.24, 2.45) is 0 Å². The van der Waals surface area contributed by atoms with Gasteiger partial charge in [0.05, 0.1) is 6.10 Å². The van der Waals surface area contributed by atoms with E-state index in [0.717, 1.165) is 5.56 Å². The molecule has 0 saturated heterocycles. The second kappa shape index (κ2) is 5.66. The fourth-order valence-corrected chi connectivity index (χ4v) is 1.57. The number of aryl methyl sites for hydroxylation is 2. The number of rotatable bonds is 3. The Bertz CT molecular complexity index is 393. The molecule has 0 atom stereocenters. The lowest BCUT2D eigenvalue weighted by Crippen LogP contribution is -2.26. The van der Waals surface area contributed by atoms with Gasteiger partial charge in [0.25, 0.3) is 0 Å². The van der Waals surface area contributed by atoms with E-state index in [9.17, 15) is 9.18 Å². The van der Waals surface area contributed by atoms with Crippen LogP contribution in [0.4, 0.5) is 9.18 Å². The first-order valence-electron chi connectivity index (χ1n) is 5.60. The summed E-state index contributed by atoms with van der Waals surface area (Å²) in [6.07, 6.45) is -0.605. The van der Waals surface area contributed by atoms with Gasteiger partial charge in [-0.15, -0.1) is 0 Å². The maximum absolute atomic E-state index is 13.4. The molecule has 0 aliphatic heterocycles. The normalized spacial score (nSPS) is 10.5. The van der Waals surface area contributed by atoms with Gasteiger partial charge in [0.1, 0.15) is 5.82 Å². The molecule has 0 saturated carbocycles. The summed E-state index contributed by atoms with van der Waals surface area (Å²) in [5.74, 6) is -0.196. The van der Waals surface area contributed by atoms with Crippen molar-refractivity contribution in [2.75, 3.05) is 0 Å². The van der Waals surface area contributed by atoms with Crippen molar-refractivity contribution < 1.29 is 13.9 Å². The van der Waals surface area contributed by atoms with E-state index in [4.69, 9.17) is 4.74 Å². The van der Waals surface area contributed by atoms with Crippen molar-refractivity contribution in [2.45, 2.75) is 40.3 Å². The van der Waals surface area contributed by atoms with E-state index in [1.165, 1.54) is 0 Å². The minimum atomic E-state index is -0.459. The third kappa shape index (κ3) is 4.06. The highest BCUT2D eigenvalue weighted by atomic mass is 19.1. The van der Waals surface area contributed by atoms with E-state index in [1.807, 2.05) is 0 Å².